The van der Waals surface area contributed by atoms with Crippen molar-refractivity contribution in [1.82, 2.24) is 19.0 Å². The van der Waals surface area contributed by atoms with Crippen LogP contribution >= 0.6 is 11.3 Å². The summed E-state index contributed by atoms with van der Waals surface area (Å²) in [6.07, 6.45) is 3.08. The molecule has 0 aliphatic carbocycles. The fraction of sp³-hybridized carbons (Fsp3) is 0.500. The van der Waals surface area contributed by atoms with Crippen molar-refractivity contribution in [3.63, 3.8) is 0 Å². The minimum Gasteiger partial charge on any atom is -0.370 e. The molecule has 3 aromatic rings. The predicted octanol–water partition coefficient (Wildman–Crippen LogP) is 2.72. The number of hydrogen-bond acceptors (Lipinski definition) is 6. The molecule has 8 heteroatoms. The first-order chi connectivity index (χ1) is 14.2. The number of pyridine rings is 1. The third kappa shape index (κ3) is 3.64. The Morgan fingerprint density at radius 1 is 1.30 bits per heavy atom. The van der Waals surface area contributed by atoms with Crippen LogP contribution in [-0.4, -0.2) is 45.3 Å². The molecule has 0 unspecified atom stereocenters. The Hall–Kier alpha value is -2.29. The van der Waals surface area contributed by atoms with Gasteiger partial charge in [0.15, 0.2) is 0 Å². The summed E-state index contributed by atoms with van der Waals surface area (Å²) >= 11 is 1.51. The fourth-order valence-electron chi connectivity index (χ4n) is 4.00. The largest absolute Gasteiger partial charge is 0.370 e. The van der Waals surface area contributed by atoms with Crippen LogP contribution in [-0.2, 0) is 24.3 Å². The normalized spacial score (nSPS) is 15.7. The van der Waals surface area contributed by atoms with Gasteiger partial charge in [-0.2, -0.15) is 0 Å². The Morgan fingerprint density at radius 3 is 2.77 bits per heavy atom. The van der Waals surface area contributed by atoms with E-state index in [1.54, 1.807) is 10.8 Å². The van der Waals surface area contributed by atoms with Crippen LogP contribution in [0.5, 0.6) is 0 Å². The molecule has 0 amide bonds. The van der Waals surface area contributed by atoms with Gasteiger partial charge in [-0.05, 0) is 65.0 Å². The van der Waals surface area contributed by atoms with Gasteiger partial charge in [-0.25, -0.2) is 14.3 Å². The number of thiophene rings is 1. The Morgan fingerprint density at radius 2 is 2.07 bits per heavy atom. The molecular formula is C22H28N4O3S. The number of ether oxygens (including phenoxy) is 1. The second-order valence-electron chi connectivity index (χ2n) is 8.78. The van der Waals surface area contributed by atoms with E-state index in [2.05, 4.69) is 9.88 Å². The number of fused-ring (bicyclic) bond motifs is 3. The van der Waals surface area contributed by atoms with E-state index in [1.807, 2.05) is 47.0 Å². The number of aromatic nitrogens is 3. The molecule has 1 aliphatic rings. The highest BCUT2D eigenvalue weighted by molar-refractivity contribution is 7.18. The van der Waals surface area contributed by atoms with Crippen LogP contribution in [0.15, 0.2) is 27.9 Å². The molecule has 0 saturated heterocycles. The summed E-state index contributed by atoms with van der Waals surface area (Å²) in [6.45, 7) is 7.81. The summed E-state index contributed by atoms with van der Waals surface area (Å²) in [6, 6.07) is 3.68. The molecule has 0 atom stereocenters. The zero-order valence-corrected chi connectivity index (χ0v) is 19.0. The smallest absolute Gasteiger partial charge is 0.338 e. The van der Waals surface area contributed by atoms with Crippen LogP contribution < -0.4 is 11.2 Å². The third-order valence-electron chi connectivity index (χ3n) is 5.53. The summed E-state index contributed by atoms with van der Waals surface area (Å²) in [4.78, 5) is 35.4. The minimum atomic E-state index is -0.342. The van der Waals surface area contributed by atoms with Crippen LogP contribution in [0.1, 0.15) is 36.3 Å². The zero-order valence-electron chi connectivity index (χ0n) is 18.2. The number of hydrogen-bond donors (Lipinski definition) is 0. The van der Waals surface area contributed by atoms with Gasteiger partial charge in [0.1, 0.15) is 10.6 Å². The van der Waals surface area contributed by atoms with Gasteiger partial charge in [0.05, 0.1) is 17.6 Å². The maximum atomic E-state index is 13.6. The van der Waals surface area contributed by atoms with Crippen LogP contribution in [0, 0.1) is 6.92 Å². The third-order valence-corrected chi connectivity index (χ3v) is 6.76. The van der Waals surface area contributed by atoms with Crippen molar-refractivity contribution in [2.45, 2.75) is 52.4 Å². The van der Waals surface area contributed by atoms with E-state index < -0.39 is 0 Å². The van der Waals surface area contributed by atoms with Gasteiger partial charge in [-0.15, -0.1) is 11.3 Å². The van der Waals surface area contributed by atoms with E-state index in [-0.39, 0.29) is 16.9 Å². The molecule has 0 spiro atoms. The number of rotatable bonds is 5. The average Bonchev–Trinajstić information content (AvgIpc) is 3.03. The van der Waals surface area contributed by atoms with E-state index >= 15 is 0 Å². The van der Waals surface area contributed by atoms with Crippen LogP contribution in [0.4, 0.5) is 0 Å². The maximum absolute atomic E-state index is 13.6. The maximum Gasteiger partial charge on any atom is 0.338 e. The fourth-order valence-corrected chi connectivity index (χ4v) is 5.24. The Kier molecular flexibility index (Phi) is 5.42. The SMILES string of the molecule is Cc1cccnc1-n1c(=O)c2c3c(sc2n(CCCN(C)C)c1=O)COC(C)(C)C3. The quantitative estimate of drug-likeness (QED) is 0.625. The first kappa shape index (κ1) is 21.0. The van der Waals surface area contributed by atoms with Gasteiger partial charge in [0, 0.05) is 24.0 Å². The number of aryl methyl sites for hydroxylation is 2. The molecule has 1 aliphatic heterocycles. The van der Waals surface area contributed by atoms with Crippen molar-refractivity contribution >= 4 is 21.6 Å². The van der Waals surface area contributed by atoms with Crippen molar-refractivity contribution in [2.75, 3.05) is 20.6 Å². The zero-order chi connectivity index (χ0) is 21.6. The first-order valence-corrected chi connectivity index (χ1v) is 11.0. The molecule has 4 rings (SSSR count). The molecule has 4 heterocycles. The average molecular weight is 429 g/mol. The molecular weight excluding hydrogens is 400 g/mol. The van der Waals surface area contributed by atoms with Crippen LogP contribution in [0.3, 0.4) is 0 Å². The summed E-state index contributed by atoms with van der Waals surface area (Å²) in [7, 11) is 4.03. The van der Waals surface area contributed by atoms with Crippen molar-refractivity contribution in [1.29, 1.82) is 0 Å². The Balaban J connectivity index is 2.01. The standard InChI is InChI=1S/C22H28N4O3S/c1-14-8-6-9-23-18(14)26-19(27)17-15-12-22(2,3)29-13-16(15)30-20(17)25(21(26)28)11-7-10-24(4)5/h6,8-9H,7,10-13H2,1-5H3. The predicted molar refractivity (Wildman–Crippen MR) is 120 cm³/mol. The Bertz CT molecular complexity index is 1220. The first-order valence-electron chi connectivity index (χ1n) is 10.2. The Labute approximate surface area is 179 Å². The van der Waals surface area contributed by atoms with Crippen molar-refractivity contribution in [2.24, 2.45) is 0 Å². The monoisotopic (exact) mass is 428 g/mol. The molecule has 0 aromatic carbocycles. The molecule has 7 nitrogen and oxygen atoms in total. The summed E-state index contributed by atoms with van der Waals surface area (Å²) in [5, 5.41) is 0.640. The van der Waals surface area contributed by atoms with Gasteiger partial charge in [-0.3, -0.25) is 9.36 Å². The van der Waals surface area contributed by atoms with Crippen LogP contribution in [0.2, 0.25) is 0 Å². The molecule has 0 bridgehead atoms. The summed E-state index contributed by atoms with van der Waals surface area (Å²) < 4.78 is 8.98. The van der Waals surface area contributed by atoms with E-state index in [0.29, 0.717) is 30.8 Å². The highest BCUT2D eigenvalue weighted by Crippen LogP contribution is 2.37. The second kappa shape index (κ2) is 7.76. The van der Waals surface area contributed by atoms with Crippen LogP contribution in [0.25, 0.3) is 16.0 Å². The molecule has 3 aromatic heterocycles. The van der Waals surface area contributed by atoms with E-state index in [9.17, 15) is 9.59 Å². The molecule has 30 heavy (non-hydrogen) atoms. The summed E-state index contributed by atoms with van der Waals surface area (Å²) in [5.41, 5.74) is 0.858. The van der Waals surface area contributed by atoms with E-state index in [1.165, 1.54) is 15.9 Å². The lowest BCUT2D eigenvalue weighted by Crippen LogP contribution is -2.40. The highest BCUT2D eigenvalue weighted by Gasteiger charge is 2.32. The highest BCUT2D eigenvalue weighted by atomic mass is 32.1. The molecule has 0 radical (unpaired) electrons. The van der Waals surface area contributed by atoms with Crippen molar-refractivity contribution in [3.05, 3.63) is 55.2 Å². The topological polar surface area (TPSA) is 69.4 Å². The molecule has 0 fully saturated rings. The van der Waals surface area contributed by atoms with Gasteiger partial charge in [-0.1, -0.05) is 6.07 Å². The molecule has 0 N–H and O–H groups in total. The molecule has 160 valence electrons. The molecule has 0 saturated carbocycles. The second-order valence-corrected chi connectivity index (χ2v) is 9.87. The lowest BCUT2D eigenvalue weighted by Gasteiger charge is -2.29. The van der Waals surface area contributed by atoms with E-state index in [0.717, 1.165) is 33.8 Å². The van der Waals surface area contributed by atoms with Gasteiger partial charge < -0.3 is 9.64 Å². The lowest BCUT2D eigenvalue weighted by molar-refractivity contribution is -0.0379. The van der Waals surface area contributed by atoms with E-state index in [4.69, 9.17) is 4.74 Å². The van der Waals surface area contributed by atoms with Gasteiger partial charge in [0.25, 0.3) is 5.56 Å². The number of nitrogens with zero attached hydrogens (tertiary/aromatic N) is 4. The summed E-state index contributed by atoms with van der Waals surface area (Å²) in [5.74, 6) is 0.405. The van der Waals surface area contributed by atoms with Crippen molar-refractivity contribution < 1.29 is 4.74 Å². The lowest BCUT2D eigenvalue weighted by atomic mass is 9.94. The minimum absolute atomic E-state index is 0.282. The van der Waals surface area contributed by atoms with Gasteiger partial charge >= 0.3 is 5.69 Å². The van der Waals surface area contributed by atoms with Crippen molar-refractivity contribution in [3.8, 4) is 5.82 Å². The van der Waals surface area contributed by atoms with Gasteiger partial charge in [0.2, 0.25) is 0 Å².